The van der Waals surface area contributed by atoms with Crippen molar-refractivity contribution in [3.05, 3.63) is 34.3 Å². The first-order chi connectivity index (χ1) is 8.75. The number of aryl methyl sites for hydroxylation is 1. The molecule has 0 unspecified atom stereocenters. The molecule has 5 heteroatoms. The van der Waals surface area contributed by atoms with Gasteiger partial charge in [0.25, 0.3) is 0 Å². The van der Waals surface area contributed by atoms with Gasteiger partial charge in [-0.1, -0.05) is 24.6 Å². The van der Waals surface area contributed by atoms with E-state index < -0.39 is 0 Å². The van der Waals surface area contributed by atoms with Gasteiger partial charge in [-0.2, -0.15) is 0 Å². The van der Waals surface area contributed by atoms with Crippen LogP contribution >= 0.6 is 36.4 Å². The molecular weight excluding hydrogens is 315 g/mol. The van der Waals surface area contributed by atoms with Crippen molar-refractivity contribution < 1.29 is 0 Å². The summed E-state index contributed by atoms with van der Waals surface area (Å²) in [6.45, 7) is 7.03. The molecule has 1 aromatic carbocycles. The van der Waals surface area contributed by atoms with Gasteiger partial charge in [0.1, 0.15) is 0 Å². The number of fused-ring (bicyclic) bond motifs is 1. The molecule has 1 aliphatic carbocycles. The van der Waals surface area contributed by atoms with E-state index in [9.17, 15) is 0 Å². The standard InChI is InChI=1S/C15H21ClN2.2ClH/c1-11-14-4-3-13(16)10-12(14)2-5-15(11)18-8-6-17-7-9-18;;/h3-4,10-11,15,17H,2,5-9H2,1H3;2*1H/t11-,15+;;/m0../s1. The predicted octanol–water partition coefficient (Wildman–Crippen LogP) is 3.51. The van der Waals surface area contributed by atoms with Crippen LogP contribution in [-0.2, 0) is 6.42 Å². The van der Waals surface area contributed by atoms with E-state index in [0.717, 1.165) is 18.1 Å². The fourth-order valence-electron chi connectivity index (χ4n) is 3.51. The zero-order valence-electron chi connectivity index (χ0n) is 11.8. The number of rotatable bonds is 1. The molecule has 0 amide bonds. The second-order valence-electron chi connectivity index (χ2n) is 5.52. The van der Waals surface area contributed by atoms with Gasteiger partial charge in [0.2, 0.25) is 0 Å². The van der Waals surface area contributed by atoms with E-state index in [-0.39, 0.29) is 24.8 Å². The summed E-state index contributed by atoms with van der Waals surface area (Å²) in [6.07, 6.45) is 2.45. The van der Waals surface area contributed by atoms with E-state index in [0.29, 0.717) is 12.0 Å². The molecule has 1 aliphatic heterocycles. The maximum absolute atomic E-state index is 6.09. The molecule has 0 radical (unpaired) electrons. The minimum absolute atomic E-state index is 0. The van der Waals surface area contributed by atoms with Crippen molar-refractivity contribution in [2.75, 3.05) is 26.2 Å². The van der Waals surface area contributed by atoms with Gasteiger partial charge >= 0.3 is 0 Å². The smallest absolute Gasteiger partial charge is 0.0408 e. The lowest BCUT2D eigenvalue weighted by molar-refractivity contribution is 0.141. The van der Waals surface area contributed by atoms with Crippen LogP contribution in [0.25, 0.3) is 0 Å². The second kappa shape index (κ2) is 7.86. The molecular formula is C15H23Cl3N2. The van der Waals surface area contributed by atoms with Crippen LogP contribution in [-0.4, -0.2) is 37.1 Å². The highest BCUT2D eigenvalue weighted by atomic mass is 35.5. The van der Waals surface area contributed by atoms with Crippen molar-refractivity contribution in [2.45, 2.75) is 31.7 Å². The summed E-state index contributed by atoms with van der Waals surface area (Å²) < 4.78 is 0. The summed E-state index contributed by atoms with van der Waals surface area (Å²) in [7, 11) is 0. The molecule has 3 rings (SSSR count). The molecule has 1 N–H and O–H groups in total. The molecule has 1 saturated heterocycles. The molecule has 2 atom stereocenters. The molecule has 114 valence electrons. The molecule has 2 nitrogen and oxygen atoms in total. The highest BCUT2D eigenvalue weighted by Gasteiger charge is 2.31. The summed E-state index contributed by atoms with van der Waals surface area (Å²) in [4.78, 5) is 2.67. The zero-order valence-corrected chi connectivity index (χ0v) is 14.2. The topological polar surface area (TPSA) is 15.3 Å². The Morgan fingerprint density at radius 2 is 1.90 bits per heavy atom. The molecule has 1 aromatic rings. The quantitative estimate of drug-likeness (QED) is 0.843. The van der Waals surface area contributed by atoms with Gasteiger partial charge in [0.15, 0.2) is 0 Å². The van der Waals surface area contributed by atoms with Gasteiger partial charge in [-0.3, -0.25) is 4.90 Å². The Labute approximate surface area is 139 Å². The number of hydrogen-bond donors (Lipinski definition) is 1. The molecule has 0 saturated carbocycles. The Hall–Kier alpha value is 0.01000. The van der Waals surface area contributed by atoms with Crippen molar-refractivity contribution in [3.8, 4) is 0 Å². The normalized spacial score (nSPS) is 26.1. The third-order valence-electron chi connectivity index (χ3n) is 4.50. The fourth-order valence-corrected chi connectivity index (χ4v) is 3.70. The van der Waals surface area contributed by atoms with Crippen molar-refractivity contribution >= 4 is 36.4 Å². The number of benzene rings is 1. The largest absolute Gasteiger partial charge is 0.314 e. The van der Waals surface area contributed by atoms with E-state index >= 15 is 0 Å². The summed E-state index contributed by atoms with van der Waals surface area (Å²) in [5.41, 5.74) is 2.97. The van der Waals surface area contributed by atoms with Crippen LogP contribution in [0.15, 0.2) is 18.2 Å². The summed E-state index contributed by atoms with van der Waals surface area (Å²) in [5, 5.41) is 4.31. The van der Waals surface area contributed by atoms with Gasteiger partial charge < -0.3 is 5.32 Å². The van der Waals surface area contributed by atoms with Crippen LogP contribution in [0.1, 0.15) is 30.4 Å². The lowest BCUT2D eigenvalue weighted by atomic mass is 9.79. The third kappa shape index (κ3) is 3.61. The second-order valence-corrected chi connectivity index (χ2v) is 5.96. The van der Waals surface area contributed by atoms with E-state index in [2.05, 4.69) is 29.3 Å². The van der Waals surface area contributed by atoms with Gasteiger partial charge in [0, 0.05) is 37.2 Å². The summed E-state index contributed by atoms with van der Waals surface area (Å²) in [6, 6.07) is 7.13. The molecule has 2 aliphatic rings. The van der Waals surface area contributed by atoms with Crippen LogP contribution in [0.5, 0.6) is 0 Å². The molecule has 20 heavy (non-hydrogen) atoms. The predicted molar refractivity (Wildman–Crippen MR) is 90.9 cm³/mol. The number of nitrogens with one attached hydrogen (secondary N) is 1. The van der Waals surface area contributed by atoms with Crippen molar-refractivity contribution in [3.63, 3.8) is 0 Å². The van der Waals surface area contributed by atoms with Crippen LogP contribution in [0.2, 0.25) is 5.02 Å². The van der Waals surface area contributed by atoms with Crippen LogP contribution in [0, 0.1) is 0 Å². The van der Waals surface area contributed by atoms with Gasteiger partial charge in [-0.05, 0) is 42.0 Å². The first-order valence-corrected chi connectivity index (χ1v) is 7.36. The third-order valence-corrected chi connectivity index (χ3v) is 4.74. The van der Waals surface area contributed by atoms with Gasteiger partial charge in [0.05, 0.1) is 0 Å². The average Bonchev–Trinajstić information content (AvgIpc) is 2.40. The van der Waals surface area contributed by atoms with Crippen molar-refractivity contribution in [1.82, 2.24) is 10.2 Å². The zero-order chi connectivity index (χ0) is 12.5. The van der Waals surface area contributed by atoms with Gasteiger partial charge in [-0.25, -0.2) is 0 Å². The number of nitrogens with zero attached hydrogens (tertiary/aromatic N) is 1. The Kier molecular flexibility index (Phi) is 7.10. The average molecular weight is 338 g/mol. The van der Waals surface area contributed by atoms with E-state index in [1.807, 2.05) is 6.07 Å². The minimum atomic E-state index is 0. The monoisotopic (exact) mass is 336 g/mol. The Morgan fingerprint density at radius 3 is 2.60 bits per heavy atom. The highest BCUT2D eigenvalue weighted by molar-refractivity contribution is 6.30. The first-order valence-electron chi connectivity index (χ1n) is 6.99. The SMILES string of the molecule is C[C@H]1c2ccc(Cl)cc2CC[C@H]1N1CCNCC1.Cl.Cl. The maximum Gasteiger partial charge on any atom is 0.0408 e. The van der Waals surface area contributed by atoms with E-state index in [4.69, 9.17) is 11.6 Å². The van der Waals surface area contributed by atoms with Crippen molar-refractivity contribution in [1.29, 1.82) is 0 Å². The molecule has 1 heterocycles. The minimum Gasteiger partial charge on any atom is -0.314 e. The summed E-state index contributed by atoms with van der Waals surface area (Å²) >= 11 is 6.09. The van der Waals surface area contributed by atoms with Crippen molar-refractivity contribution in [2.24, 2.45) is 0 Å². The molecule has 0 spiro atoms. The Morgan fingerprint density at radius 1 is 1.20 bits per heavy atom. The molecule has 0 bridgehead atoms. The van der Waals surface area contributed by atoms with E-state index in [1.165, 1.54) is 37.1 Å². The van der Waals surface area contributed by atoms with Crippen LogP contribution in [0.4, 0.5) is 0 Å². The van der Waals surface area contributed by atoms with Crippen LogP contribution in [0.3, 0.4) is 0 Å². The van der Waals surface area contributed by atoms with Gasteiger partial charge in [-0.15, -0.1) is 24.8 Å². The number of hydrogen-bond acceptors (Lipinski definition) is 2. The molecule has 0 aromatic heterocycles. The maximum atomic E-state index is 6.09. The highest BCUT2D eigenvalue weighted by Crippen LogP contribution is 2.35. The molecule has 1 fully saturated rings. The Balaban J connectivity index is 0.000001000. The lowest BCUT2D eigenvalue weighted by Gasteiger charge is -2.41. The van der Waals surface area contributed by atoms with E-state index in [1.54, 1.807) is 0 Å². The van der Waals surface area contributed by atoms with Crippen LogP contribution < -0.4 is 5.32 Å². The number of halogens is 3. The number of piperazine rings is 1. The summed E-state index contributed by atoms with van der Waals surface area (Å²) in [5.74, 6) is 0.629. The fraction of sp³-hybridized carbons (Fsp3) is 0.600. The Bertz CT molecular complexity index is 433. The first kappa shape index (κ1) is 18.1. The lowest BCUT2D eigenvalue weighted by Crippen LogP contribution is -2.51.